The van der Waals surface area contributed by atoms with E-state index in [2.05, 4.69) is 0 Å². The van der Waals surface area contributed by atoms with Gasteiger partial charge in [-0.05, 0) is 6.92 Å². The van der Waals surface area contributed by atoms with Crippen molar-refractivity contribution in [2.45, 2.75) is 6.92 Å². The van der Waals surface area contributed by atoms with Gasteiger partial charge in [0.1, 0.15) is 0 Å². The van der Waals surface area contributed by atoms with Gasteiger partial charge in [0.05, 0.1) is 0 Å². The average Bonchev–Trinajstić information content (AvgIpc) is 0.811. The topological polar surface area (TPSA) is 40.1 Å². The summed E-state index contributed by atoms with van der Waals surface area (Å²) in [6.45, 7) is 0.972. The SMILES string of the molecule is CC(=O)[O-].[Na+].[Si]. The Hall–Kier alpha value is 0.687. The molecule has 0 saturated carbocycles. The molecule has 0 aliphatic rings. The number of carboxylic acids is 1. The fourth-order valence-corrected chi connectivity index (χ4v) is 0. The molecule has 0 aromatic carbocycles. The molecule has 0 aromatic heterocycles. The van der Waals surface area contributed by atoms with Crippen LogP contribution in [-0.2, 0) is 4.79 Å². The summed E-state index contributed by atoms with van der Waals surface area (Å²) in [5, 5.41) is 8.89. The van der Waals surface area contributed by atoms with Crippen molar-refractivity contribution in [2.75, 3.05) is 0 Å². The van der Waals surface area contributed by atoms with E-state index in [9.17, 15) is 0 Å². The smallest absolute Gasteiger partial charge is 0.550 e. The summed E-state index contributed by atoms with van der Waals surface area (Å²) in [4.78, 5) is 8.89. The number of carbonyl (C=O) groups excluding carboxylic acids is 1. The molecule has 0 aliphatic carbocycles. The normalized spacial score (nSPS) is 4.17. The van der Waals surface area contributed by atoms with Crippen LogP contribution in [0, 0.1) is 0 Å². The second-order valence-corrected chi connectivity index (χ2v) is 0.492. The average molecular weight is 110 g/mol. The van der Waals surface area contributed by atoms with Crippen LogP contribution in [0.2, 0.25) is 0 Å². The number of carboxylic acid groups (broad SMARTS) is 1. The molecule has 0 unspecified atom stereocenters. The van der Waals surface area contributed by atoms with E-state index in [1.807, 2.05) is 0 Å². The van der Waals surface area contributed by atoms with Crippen molar-refractivity contribution in [2.24, 2.45) is 0 Å². The zero-order valence-electron chi connectivity index (χ0n) is 3.82. The van der Waals surface area contributed by atoms with E-state index in [0.717, 1.165) is 6.92 Å². The van der Waals surface area contributed by atoms with Crippen LogP contribution in [0.15, 0.2) is 0 Å². The molecular formula is C2H3NaO2Si. The van der Waals surface area contributed by atoms with Crippen molar-refractivity contribution in [3.8, 4) is 0 Å². The Labute approximate surface area is 63.2 Å². The molecule has 0 bridgehead atoms. The van der Waals surface area contributed by atoms with Crippen LogP contribution in [0.25, 0.3) is 0 Å². The summed E-state index contributed by atoms with van der Waals surface area (Å²) in [5.41, 5.74) is 0. The molecule has 0 N–H and O–H groups in total. The largest absolute Gasteiger partial charge is 1.00 e. The Morgan fingerprint density at radius 1 is 1.67 bits per heavy atom. The molecule has 2 nitrogen and oxygen atoms in total. The van der Waals surface area contributed by atoms with Crippen LogP contribution < -0.4 is 34.7 Å². The molecule has 0 aromatic rings. The minimum atomic E-state index is -1.08. The Morgan fingerprint density at radius 2 is 1.67 bits per heavy atom. The van der Waals surface area contributed by atoms with E-state index in [0.29, 0.717) is 0 Å². The molecule has 0 atom stereocenters. The second-order valence-electron chi connectivity index (χ2n) is 0.492. The summed E-state index contributed by atoms with van der Waals surface area (Å²) in [7, 11) is 0. The minimum Gasteiger partial charge on any atom is -0.550 e. The fraction of sp³-hybridized carbons (Fsp3) is 0.500. The Kier molecular flexibility index (Phi) is 24.4. The summed E-state index contributed by atoms with van der Waals surface area (Å²) in [6.07, 6.45) is 0. The van der Waals surface area contributed by atoms with Gasteiger partial charge in [-0.25, -0.2) is 0 Å². The maximum Gasteiger partial charge on any atom is 1.00 e. The molecule has 0 spiro atoms. The van der Waals surface area contributed by atoms with Gasteiger partial charge in [0, 0.05) is 16.9 Å². The standard InChI is InChI=1S/C2H4O2.Na.Si/c1-2(3)4;;/h1H3,(H,3,4);;/q;+1;/p-1. The Balaban J connectivity index is -0.0000000450. The van der Waals surface area contributed by atoms with Crippen molar-refractivity contribution >= 4 is 16.9 Å². The van der Waals surface area contributed by atoms with Crippen molar-refractivity contribution in [1.29, 1.82) is 0 Å². The van der Waals surface area contributed by atoms with Crippen molar-refractivity contribution in [1.82, 2.24) is 0 Å². The van der Waals surface area contributed by atoms with E-state index in [1.165, 1.54) is 0 Å². The molecular weight excluding hydrogens is 107 g/mol. The van der Waals surface area contributed by atoms with E-state index in [1.54, 1.807) is 0 Å². The predicted octanol–water partition coefficient (Wildman–Crippen LogP) is -4.62. The van der Waals surface area contributed by atoms with E-state index >= 15 is 0 Å². The van der Waals surface area contributed by atoms with Gasteiger partial charge in [0.25, 0.3) is 0 Å². The third kappa shape index (κ3) is 135. The quantitative estimate of drug-likeness (QED) is 0.294. The predicted molar refractivity (Wildman–Crippen MR) is 16.4 cm³/mol. The first-order valence-electron chi connectivity index (χ1n) is 0.908. The molecule has 0 saturated heterocycles. The minimum absolute atomic E-state index is 0. The molecule has 0 fully saturated rings. The molecule has 4 heteroatoms. The monoisotopic (exact) mass is 110 g/mol. The zero-order chi connectivity index (χ0) is 3.58. The van der Waals surface area contributed by atoms with Crippen molar-refractivity contribution < 1.29 is 39.5 Å². The number of hydrogen-bond acceptors (Lipinski definition) is 2. The van der Waals surface area contributed by atoms with Crippen LogP contribution in [0.3, 0.4) is 0 Å². The summed E-state index contributed by atoms with van der Waals surface area (Å²) in [6, 6.07) is 0. The molecule has 0 amide bonds. The molecule has 6 heavy (non-hydrogen) atoms. The van der Waals surface area contributed by atoms with Gasteiger partial charge >= 0.3 is 29.6 Å². The first-order valence-corrected chi connectivity index (χ1v) is 0.908. The van der Waals surface area contributed by atoms with Crippen LogP contribution in [0.1, 0.15) is 6.92 Å². The van der Waals surface area contributed by atoms with Gasteiger partial charge in [-0.1, -0.05) is 0 Å². The van der Waals surface area contributed by atoms with Gasteiger partial charge in [-0.2, -0.15) is 0 Å². The van der Waals surface area contributed by atoms with E-state index in [-0.39, 0.29) is 40.5 Å². The number of carbonyl (C=O) groups is 1. The molecule has 0 heterocycles. The summed E-state index contributed by atoms with van der Waals surface area (Å²) < 4.78 is 0. The van der Waals surface area contributed by atoms with Gasteiger partial charge in [-0.3, -0.25) is 0 Å². The van der Waals surface area contributed by atoms with Crippen LogP contribution >= 0.6 is 0 Å². The second kappa shape index (κ2) is 9.19. The van der Waals surface area contributed by atoms with Gasteiger partial charge in [0.2, 0.25) is 0 Å². The summed E-state index contributed by atoms with van der Waals surface area (Å²) >= 11 is 0. The van der Waals surface area contributed by atoms with Crippen LogP contribution in [-0.4, -0.2) is 16.9 Å². The fourth-order valence-electron chi connectivity index (χ4n) is 0. The molecule has 0 aliphatic heterocycles. The maximum absolute atomic E-state index is 8.89. The first-order chi connectivity index (χ1) is 1.73. The van der Waals surface area contributed by atoms with Crippen molar-refractivity contribution in [3.05, 3.63) is 0 Å². The van der Waals surface area contributed by atoms with Crippen LogP contribution in [0.5, 0.6) is 0 Å². The number of rotatable bonds is 0. The Bertz CT molecular complexity index is 34.5. The number of aliphatic carboxylic acids is 1. The summed E-state index contributed by atoms with van der Waals surface area (Å²) in [5.74, 6) is -1.08. The van der Waals surface area contributed by atoms with E-state index in [4.69, 9.17) is 9.90 Å². The third-order valence-electron chi connectivity index (χ3n) is 0. The van der Waals surface area contributed by atoms with E-state index < -0.39 is 5.97 Å². The zero-order valence-corrected chi connectivity index (χ0v) is 6.82. The molecule has 4 radical (unpaired) electrons. The van der Waals surface area contributed by atoms with Gasteiger partial charge in [-0.15, -0.1) is 0 Å². The van der Waals surface area contributed by atoms with Gasteiger partial charge in [0.15, 0.2) is 0 Å². The Morgan fingerprint density at radius 3 is 1.67 bits per heavy atom. The van der Waals surface area contributed by atoms with Crippen molar-refractivity contribution in [3.63, 3.8) is 0 Å². The van der Waals surface area contributed by atoms with Gasteiger partial charge < -0.3 is 9.90 Å². The van der Waals surface area contributed by atoms with Crippen LogP contribution in [0.4, 0.5) is 0 Å². The number of hydrogen-bond donors (Lipinski definition) is 0. The molecule has 0 rings (SSSR count). The molecule has 28 valence electrons. The first kappa shape index (κ1) is 15.9. The maximum atomic E-state index is 8.89. The third-order valence-corrected chi connectivity index (χ3v) is 0.